The lowest BCUT2D eigenvalue weighted by molar-refractivity contribution is 0.0508. The lowest BCUT2D eigenvalue weighted by atomic mass is 10.1. The number of esters is 1. The molecule has 0 heterocycles. The normalized spacial score (nSPS) is 10.2. The zero-order valence-electron chi connectivity index (χ0n) is 11.6. The molecule has 0 aliphatic heterocycles. The fraction of sp³-hybridized carbons (Fsp3) is 0.235. The van der Waals surface area contributed by atoms with E-state index in [4.69, 9.17) is 4.74 Å². The van der Waals surface area contributed by atoms with Gasteiger partial charge in [-0.1, -0.05) is 48.0 Å². The molecule has 104 valence electrons. The van der Waals surface area contributed by atoms with Crippen LogP contribution in [0.5, 0.6) is 0 Å². The van der Waals surface area contributed by atoms with Gasteiger partial charge in [-0.15, -0.1) is 0 Å². The van der Waals surface area contributed by atoms with Crippen molar-refractivity contribution in [3.8, 4) is 0 Å². The van der Waals surface area contributed by atoms with Gasteiger partial charge in [0.2, 0.25) is 0 Å². The number of nitrogens with one attached hydrogen (secondary N) is 1. The molecule has 0 aliphatic carbocycles. The molecule has 20 heavy (non-hydrogen) atoms. The second-order valence-electron chi connectivity index (χ2n) is 4.66. The summed E-state index contributed by atoms with van der Waals surface area (Å²) in [6, 6.07) is 17.4. The van der Waals surface area contributed by atoms with Crippen molar-refractivity contribution < 1.29 is 9.53 Å². The van der Waals surface area contributed by atoms with E-state index in [0.717, 1.165) is 6.54 Å². The van der Waals surface area contributed by atoms with Crippen LogP contribution < -0.4 is 5.32 Å². The molecule has 3 heteroatoms. The summed E-state index contributed by atoms with van der Waals surface area (Å²) < 4.78 is 5.18. The molecular formula is C17H19NO2. The van der Waals surface area contributed by atoms with E-state index in [9.17, 15) is 4.79 Å². The third-order valence-corrected chi connectivity index (χ3v) is 2.97. The Balaban J connectivity index is 1.64. The fourth-order valence-corrected chi connectivity index (χ4v) is 1.81. The van der Waals surface area contributed by atoms with E-state index in [-0.39, 0.29) is 5.97 Å². The Bertz CT molecular complexity index is 535. The zero-order valence-corrected chi connectivity index (χ0v) is 11.6. The summed E-state index contributed by atoms with van der Waals surface area (Å²) in [5.41, 5.74) is 3.07. The van der Waals surface area contributed by atoms with Crippen molar-refractivity contribution in [1.82, 2.24) is 5.32 Å². The quantitative estimate of drug-likeness (QED) is 0.647. The van der Waals surface area contributed by atoms with Gasteiger partial charge in [0, 0.05) is 13.1 Å². The van der Waals surface area contributed by atoms with Crippen LogP contribution in [0.2, 0.25) is 0 Å². The smallest absolute Gasteiger partial charge is 0.338 e. The Morgan fingerprint density at radius 2 is 1.75 bits per heavy atom. The van der Waals surface area contributed by atoms with E-state index in [0.29, 0.717) is 18.7 Å². The fourth-order valence-electron chi connectivity index (χ4n) is 1.81. The van der Waals surface area contributed by atoms with E-state index in [1.54, 1.807) is 12.1 Å². The molecule has 3 nitrogen and oxygen atoms in total. The molecule has 0 atom stereocenters. The first-order chi connectivity index (χ1) is 9.75. The van der Waals surface area contributed by atoms with E-state index in [2.05, 4.69) is 36.5 Å². The van der Waals surface area contributed by atoms with Crippen LogP contribution in [-0.2, 0) is 11.3 Å². The average molecular weight is 269 g/mol. The molecule has 0 spiro atoms. The van der Waals surface area contributed by atoms with Crippen molar-refractivity contribution in [2.75, 3.05) is 13.2 Å². The molecule has 0 aromatic heterocycles. The van der Waals surface area contributed by atoms with Crippen LogP contribution in [0.1, 0.15) is 21.5 Å². The largest absolute Gasteiger partial charge is 0.461 e. The second-order valence-corrected chi connectivity index (χ2v) is 4.66. The summed E-state index contributed by atoms with van der Waals surface area (Å²) in [5, 5.41) is 3.25. The van der Waals surface area contributed by atoms with Crippen molar-refractivity contribution in [2.24, 2.45) is 0 Å². The standard InChI is InChI=1S/C17H19NO2/c1-14-7-9-15(10-8-14)13-18-11-12-20-17(19)16-5-3-2-4-6-16/h2-10,18H,11-13H2,1H3. The van der Waals surface area contributed by atoms with Crippen molar-refractivity contribution in [2.45, 2.75) is 13.5 Å². The van der Waals surface area contributed by atoms with Crippen LogP contribution in [0, 0.1) is 6.92 Å². The summed E-state index contributed by atoms with van der Waals surface area (Å²) in [4.78, 5) is 11.7. The molecule has 2 aromatic carbocycles. The predicted octanol–water partition coefficient (Wildman–Crippen LogP) is 2.94. The van der Waals surface area contributed by atoms with Crippen molar-refractivity contribution in [3.05, 3.63) is 71.3 Å². The van der Waals surface area contributed by atoms with E-state index in [1.807, 2.05) is 18.2 Å². The van der Waals surface area contributed by atoms with Gasteiger partial charge in [-0.05, 0) is 24.6 Å². The highest BCUT2D eigenvalue weighted by Gasteiger charge is 2.04. The van der Waals surface area contributed by atoms with Crippen LogP contribution in [0.15, 0.2) is 54.6 Å². The molecule has 0 fully saturated rings. The van der Waals surface area contributed by atoms with Gasteiger partial charge in [0.1, 0.15) is 6.61 Å². The van der Waals surface area contributed by atoms with E-state index in [1.165, 1.54) is 11.1 Å². The number of carbonyl (C=O) groups is 1. The Labute approximate surface area is 119 Å². The summed E-state index contributed by atoms with van der Waals surface area (Å²) in [6.07, 6.45) is 0. The molecule has 0 saturated carbocycles. The summed E-state index contributed by atoms with van der Waals surface area (Å²) in [5.74, 6) is -0.275. The number of benzene rings is 2. The maximum Gasteiger partial charge on any atom is 0.338 e. The average Bonchev–Trinajstić information content (AvgIpc) is 2.49. The lowest BCUT2D eigenvalue weighted by Crippen LogP contribution is -2.21. The molecule has 0 radical (unpaired) electrons. The van der Waals surface area contributed by atoms with Gasteiger partial charge in [0.15, 0.2) is 0 Å². The summed E-state index contributed by atoms with van der Waals surface area (Å²) >= 11 is 0. The number of hydrogen-bond acceptors (Lipinski definition) is 3. The molecule has 2 rings (SSSR count). The first-order valence-corrected chi connectivity index (χ1v) is 6.74. The summed E-state index contributed by atoms with van der Waals surface area (Å²) in [6.45, 7) is 3.87. The van der Waals surface area contributed by atoms with Gasteiger partial charge in [-0.25, -0.2) is 4.79 Å². The van der Waals surface area contributed by atoms with Gasteiger partial charge >= 0.3 is 5.97 Å². The maximum atomic E-state index is 11.7. The van der Waals surface area contributed by atoms with Crippen molar-refractivity contribution in [3.63, 3.8) is 0 Å². The van der Waals surface area contributed by atoms with Gasteiger partial charge in [-0.2, -0.15) is 0 Å². The molecule has 0 amide bonds. The van der Waals surface area contributed by atoms with E-state index >= 15 is 0 Å². The number of rotatable bonds is 6. The topological polar surface area (TPSA) is 38.3 Å². The first kappa shape index (κ1) is 14.3. The Hall–Kier alpha value is -2.13. The molecule has 0 bridgehead atoms. The molecular weight excluding hydrogens is 250 g/mol. The highest BCUT2D eigenvalue weighted by atomic mass is 16.5. The minimum atomic E-state index is -0.275. The Morgan fingerprint density at radius 1 is 1.05 bits per heavy atom. The van der Waals surface area contributed by atoms with Crippen LogP contribution >= 0.6 is 0 Å². The molecule has 0 aliphatic rings. The van der Waals surface area contributed by atoms with Crippen LogP contribution in [0.3, 0.4) is 0 Å². The Morgan fingerprint density at radius 3 is 2.45 bits per heavy atom. The highest BCUT2D eigenvalue weighted by Crippen LogP contribution is 2.02. The molecule has 1 N–H and O–H groups in total. The van der Waals surface area contributed by atoms with Crippen LogP contribution in [0.4, 0.5) is 0 Å². The third-order valence-electron chi connectivity index (χ3n) is 2.97. The number of ether oxygens (including phenoxy) is 1. The third kappa shape index (κ3) is 4.52. The number of aryl methyl sites for hydroxylation is 1. The minimum Gasteiger partial charge on any atom is -0.461 e. The monoisotopic (exact) mass is 269 g/mol. The molecule has 0 unspecified atom stereocenters. The van der Waals surface area contributed by atoms with Gasteiger partial charge < -0.3 is 10.1 Å². The minimum absolute atomic E-state index is 0.275. The Kier molecular flexibility index (Phi) is 5.33. The number of carbonyl (C=O) groups excluding carboxylic acids is 1. The van der Waals surface area contributed by atoms with Crippen LogP contribution in [-0.4, -0.2) is 19.1 Å². The zero-order chi connectivity index (χ0) is 14.2. The van der Waals surface area contributed by atoms with Gasteiger partial charge in [-0.3, -0.25) is 0 Å². The van der Waals surface area contributed by atoms with E-state index < -0.39 is 0 Å². The number of hydrogen-bond donors (Lipinski definition) is 1. The first-order valence-electron chi connectivity index (χ1n) is 6.74. The molecule has 0 saturated heterocycles. The molecule has 2 aromatic rings. The van der Waals surface area contributed by atoms with Crippen molar-refractivity contribution >= 4 is 5.97 Å². The predicted molar refractivity (Wildman–Crippen MR) is 79.6 cm³/mol. The van der Waals surface area contributed by atoms with Gasteiger partial charge in [0.25, 0.3) is 0 Å². The van der Waals surface area contributed by atoms with Gasteiger partial charge in [0.05, 0.1) is 5.56 Å². The maximum absolute atomic E-state index is 11.7. The second kappa shape index (κ2) is 7.46. The lowest BCUT2D eigenvalue weighted by Gasteiger charge is -2.07. The summed E-state index contributed by atoms with van der Waals surface area (Å²) in [7, 11) is 0. The highest BCUT2D eigenvalue weighted by molar-refractivity contribution is 5.89. The van der Waals surface area contributed by atoms with Crippen molar-refractivity contribution in [1.29, 1.82) is 0 Å². The van der Waals surface area contributed by atoms with Crippen LogP contribution in [0.25, 0.3) is 0 Å². The SMILES string of the molecule is Cc1ccc(CNCCOC(=O)c2ccccc2)cc1.